The van der Waals surface area contributed by atoms with Crippen LogP contribution in [0.3, 0.4) is 0 Å². The van der Waals surface area contributed by atoms with E-state index in [4.69, 9.17) is 4.74 Å². The van der Waals surface area contributed by atoms with Crippen LogP contribution in [0.2, 0.25) is 0 Å². The first-order chi connectivity index (χ1) is 6.09. The summed E-state index contributed by atoms with van der Waals surface area (Å²) in [7, 11) is 0. The van der Waals surface area contributed by atoms with Gasteiger partial charge in [-0.2, -0.15) is 0 Å². The molecule has 1 aliphatic rings. The number of ether oxygens (including phenoxy) is 1. The van der Waals surface area contributed by atoms with Crippen LogP contribution >= 0.6 is 0 Å². The van der Waals surface area contributed by atoms with E-state index in [9.17, 15) is 4.79 Å². The van der Waals surface area contributed by atoms with Crippen LogP contribution in [0, 0.1) is 0 Å². The summed E-state index contributed by atoms with van der Waals surface area (Å²) in [4.78, 5) is 13.1. The standard InChI is InChI=1S/C10H17NO2/c1-8(2)13-10(12)11-6-4-9(3)5-7-11/h8H,3-7H2,1-2H3. The van der Waals surface area contributed by atoms with E-state index in [2.05, 4.69) is 6.58 Å². The summed E-state index contributed by atoms with van der Waals surface area (Å²) < 4.78 is 5.08. The van der Waals surface area contributed by atoms with Crippen LogP contribution in [0.25, 0.3) is 0 Å². The molecule has 1 aliphatic heterocycles. The number of likely N-dealkylation sites (tertiary alicyclic amines) is 1. The molecular weight excluding hydrogens is 166 g/mol. The number of amides is 1. The minimum Gasteiger partial charge on any atom is -0.447 e. The predicted octanol–water partition coefficient (Wildman–Crippen LogP) is 2.18. The fraction of sp³-hybridized carbons (Fsp3) is 0.700. The molecule has 1 heterocycles. The van der Waals surface area contributed by atoms with E-state index in [1.165, 1.54) is 5.57 Å². The molecule has 0 N–H and O–H groups in total. The lowest BCUT2D eigenvalue weighted by atomic mass is 10.1. The molecule has 0 spiro atoms. The van der Waals surface area contributed by atoms with Crippen molar-refractivity contribution >= 4 is 6.09 Å². The van der Waals surface area contributed by atoms with E-state index in [0.717, 1.165) is 25.9 Å². The van der Waals surface area contributed by atoms with Crippen LogP contribution in [0.5, 0.6) is 0 Å². The van der Waals surface area contributed by atoms with Gasteiger partial charge in [-0.05, 0) is 26.7 Å². The van der Waals surface area contributed by atoms with Gasteiger partial charge in [-0.3, -0.25) is 0 Å². The van der Waals surface area contributed by atoms with Gasteiger partial charge < -0.3 is 9.64 Å². The van der Waals surface area contributed by atoms with Crippen LogP contribution in [0.1, 0.15) is 26.7 Å². The molecule has 1 amide bonds. The Morgan fingerprint density at radius 2 is 2.00 bits per heavy atom. The molecular formula is C10H17NO2. The molecule has 0 aromatic heterocycles. The molecule has 3 heteroatoms. The highest BCUT2D eigenvalue weighted by atomic mass is 16.6. The molecule has 1 fully saturated rings. The maximum absolute atomic E-state index is 11.4. The van der Waals surface area contributed by atoms with Gasteiger partial charge in [0.05, 0.1) is 6.10 Å². The predicted molar refractivity (Wildman–Crippen MR) is 51.6 cm³/mol. The second-order valence-corrected chi connectivity index (χ2v) is 3.67. The minimum absolute atomic E-state index is 0.0300. The third-order valence-electron chi connectivity index (χ3n) is 2.07. The van der Waals surface area contributed by atoms with Gasteiger partial charge in [-0.15, -0.1) is 0 Å². The average Bonchev–Trinajstić information content (AvgIpc) is 2.04. The van der Waals surface area contributed by atoms with Crippen molar-refractivity contribution in [1.29, 1.82) is 0 Å². The third kappa shape index (κ3) is 3.09. The number of hydrogen-bond donors (Lipinski definition) is 0. The Labute approximate surface area is 79.4 Å². The molecule has 0 radical (unpaired) electrons. The number of carbonyl (C=O) groups excluding carboxylic acids is 1. The van der Waals surface area contributed by atoms with Crippen molar-refractivity contribution in [2.75, 3.05) is 13.1 Å². The lowest BCUT2D eigenvalue weighted by Gasteiger charge is -2.27. The molecule has 0 aromatic rings. The van der Waals surface area contributed by atoms with Crippen molar-refractivity contribution in [3.8, 4) is 0 Å². The normalized spacial score (nSPS) is 17.8. The van der Waals surface area contributed by atoms with Gasteiger partial charge in [0.2, 0.25) is 0 Å². The number of piperidine rings is 1. The maximum atomic E-state index is 11.4. The summed E-state index contributed by atoms with van der Waals surface area (Å²) >= 11 is 0. The Hall–Kier alpha value is -0.990. The van der Waals surface area contributed by atoms with Crippen LogP contribution in [-0.4, -0.2) is 30.2 Å². The van der Waals surface area contributed by atoms with Gasteiger partial charge in [0.25, 0.3) is 0 Å². The zero-order valence-electron chi connectivity index (χ0n) is 8.38. The zero-order chi connectivity index (χ0) is 9.84. The van der Waals surface area contributed by atoms with Gasteiger partial charge in [-0.1, -0.05) is 12.2 Å². The minimum atomic E-state index is -0.192. The molecule has 3 nitrogen and oxygen atoms in total. The lowest BCUT2D eigenvalue weighted by molar-refractivity contribution is 0.0746. The van der Waals surface area contributed by atoms with Gasteiger partial charge in [-0.25, -0.2) is 4.79 Å². The third-order valence-corrected chi connectivity index (χ3v) is 2.07. The molecule has 1 saturated heterocycles. The summed E-state index contributed by atoms with van der Waals surface area (Å²) in [5.41, 5.74) is 1.23. The topological polar surface area (TPSA) is 29.5 Å². The van der Waals surface area contributed by atoms with Crippen molar-refractivity contribution in [2.24, 2.45) is 0 Å². The Balaban J connectivity index is 2.35. The Morgan fingerprint density at radius 3 is 2.46 bits per heavy atom. The van der Waals surface area contributed by atoms with Crippen molar-refractivity contribution in [3.63, 3.8) is 0 Å². The fourth-order valence-electron chi connectivity index (χ4n) is 1.28. The Kier molecular flexibility index (Phi) is 3.34. The SMILES string of the molecule is C=C1CCN(C(=O)OC(C)C)CC1. The summed E-state index contributed by atoms with van der Waals surface area (Å²) in [6.45, 7) is 9.12. The molecule has 0 aromatic carbocycles. The number of hydrogen-bond acceptors (Lipinski definition) is 2. The highest BCUT2D eigenvalue weighted by Crippen LogP contribution is 2.14. The summed E-state index contributed by atoms with van der Waals surface area (Å²) in [5, 5.41) is 0. The molecule has 0 unspecified atom stereocenters. The van der Waals surface area contributed by atoms with Crippen molar-refractivity contribution < 1.29 is 9.53 Å². The first kappa shape index (κ1) is 10.1. The van der Waals surface area contributed by atoms with Crippen LogP contribution in [-0.2, 0) is 4.74 Å². The van der Waals surface area contributed by atoms with Crippen LogP contribution < -0.4 is 0 Å². The molecule has 0 aliphatic carbocycles. The number of carbonyl (C=O) groups is 1. The quantitative estimate of drug-likeness (QED) is 0.583. The van der Waals surface area contributed by atoms with E-state index in [1.807, 2.05) is 13.8 Å². The van der Waals surface area contributed by atoms with Crippen LogP contribution in [0.15, 0.2) is 12.2 Å². The maximum Gasteiger partial charge on any atom is 0.410 e. The largest absolute Gasteiger partial charge is 0.447 e. The monoisotopic (exact) mass is 183 g/mol. The fourth-order valence-corrected chi connectivity index (χ4v) is 1.28. The van der Waals surface area contributed by atoms with E-state index >= 15 is 0 Å². The first-order valence-corrected chi connectivity index (χ1v) is 4.72. The van der Waals surface area contributed by atoms with E-state index in [1.54, 1.807) is 4.90 Å². The highest BCUT2D eigenvalue weighted by Gasteiger charge is 2.19. The molecule has 0 atom stereocenters. The van der Waals surface area contributed by atoms with Crippen molar-refractivity contribution in [3.05, 3.63) is 12.2 Å². The van der Waals surface area contributed by atoms with Crippen LogP contribution in [0.4, 0.5) is 4.79 Å². The van der Waals surface area contributed by atoms with E-state index in [0.29, 0.717) is 0 Å². The molecule has 13 heavy (non-hydrogen) atoms. The second kappa shape index (κ2) is 4.30. The van der Waals surface area contributed by atoms with Gasteiger partial charge in [0, 0.05) is 13.1 Å². The molecule has 1 rings (SSSR count). The van der Waals surface area contributed by atoms with E-state index < -0.39 is 0 Å². The summed E-state index contributed by atoms with van der Waals surface area (Å²) in [6, 6.07) is 0. The summed E-state index contributed by atoms with van der Waals surface area (Å²) in [5.74, 6) is 0. The van der Waals surface area contributed by atoms with Crippen molar-refractivity contribution in [1.82, 2.24) is 4.90 Å². The summed E-state index contributed by atoms with van der Waals surface area (Å²) in [6.07, 6.45) is 1.60. The average molecular weight is 183 g/mol. The Morgan fingerprint density at radius 1 is 1.46 bits per heavy atom. The van der Waals surface area contributed by atoms with Gasteiger partial charge >= 0.3 is 6.09 Å². The Bertz CT molecular complexity index is 201. The second-order valence-electron chi connectivity index (χ2n) is 3.67. The molecule has 0 bridgehead atoms. The van der Waals surface area contributed by atoms with Crippen molar-refractivity contribution in [2.45, 2.75) is 32.8 Å². The zero-order valence-corrected chi connectivity index (χ0v) is 8.38. The number of rotatable bonds is 1. The highest BCUT2D eigenvalue weighted by molar-refractivity contribution is 5.68. The van der Waals surface area contributed by atoms with Gasteiger partial charge in [0.15, 0.2) is 0 Å². The smallest absolute Gasteiger partial charge is 0.410 e. The van der Waals surface area contributed by atoms with Gasteiger partial charge in [0.1, 0.15) is 0 Å². The molecule has 74 valence electrons. The van der Waals surface area contributed by atoms with E-state index in [-0.39, 0.29) is 12.2 Å². The first-order valence-electron chi connectivity index (χ1n) is 4.72. The molecule has 0 saturated carbocycles. The lowest BCUT2D eigenvalue weighted by Crippen LogP contribution is -2.37. The number of nitrogens with zero attached hydrogens (tertiary/aromatic N) is 1.